The smallest absolute Gasteiger partial charge is 0.00956 e. The van der Waals surface area contributed by atoms with Gasteiger partial charge in [0, 0.05) is 19.8 Å². The molecule has 11 heavy (non-hydrogen) atoms. The maximum Gasteiger partial charge on any atom is 0.00956 e. The molecule has 0 aliphatic rings. The van der Waals surface area contributed by atoms with Crippen LogP contribution in [-0.4, -0.2) is 19.0 Å². The highest BCUT2D eigenvalue weighted by atomic mass is 15.1. The van der Waals surface area contributed by atoms with E-state index in [4.69, 9.17) is 0 Å². The normalized spacial score (nSPS) is 9.73. The second-order valence-corrected chi connectivity index (χ2v) is 2.65. The van der Waals surface area contributed by atoms with Crippen LogP contribution in [0.5, 0.6) is 0 Å². The Balaban J connectivity index is 0. The lowest BCUT2D eigenvalue weighted by Crippen LogP contribution is -2.07. The first-order chi connectivity index (χ1) is 5.09. The highest BCUT2D eigenvalue weighted by Gasteiger charge is 1.84. The second kappa shape index (κ2) is 9.28. The Morgan fingerprint density at radius 1 is 1.36 bits per heavy atom. The van der Waals surface area contributed by atoms with Gasteiger partial charge in [-0.15, -0.1) is 0 Å². The zero-order valence-electron chi connectivity index (χ0n) is 8.52. The lowest BCUT2D eigenvalue weighted by atomic mass is 10.4. The fourth-order valence-electron chi connectivity index (χ4n) is 0.320. The van der Waals surface area contributed by atoms with Crippen molar-refractivity contribution in [2.75, 3.05) is 14.1 Å². The third-order valence-corrected chi connectivity index (χ3v) is 1.06. The van der Waals surface area contributed by atoms with Crippen LogP contribution in [0.15, 0.2) is 24.4 Å². The molecular formula is C10H21N. The lowest BCUT2D eigenvalue weighted by Gasteiger charge is -2.10. The molecule has 0 spiro atoms. The van der Waals surface area contributed by atoms with Crippen molar-refractivity contribution >= 4 is 0 Å². The minimum atomic E-state index is 1.22. The zero-order valence-corrected chi connectivity index (χ0v) is 8.52. The fourth-order valence-corrected chi connectivity index (χ4v) is 0.320. The van der Waals surface area contributed by atoms with Crippen molar-refractivity contribution in [3.05, 3.63) is 24.4 Å². The van der Waals surface area contributed by atoms with Gasteiger partial charge in [0.2, 0.25) is 0 Å². The van der Waals surface area contributed by atoms with Crippen LogP contribution in [0.4, 0.5) is 0 Å². The van der Waals surface area contributed by atoms with Crippen molar-refractivity contribution in [3.63, 3.8) is 0 Å². The summed E-state index contributed by atoms with van der Waals surface area (Å²) in [7, 11) is 4.02. The van der Waals surface area contributed by atoms with Gasteiger partial charge in [-0.05, 0) is 13.0 Å². The molecule has 0 aliphatic carbocycles. The molecule has 0 N–H and O–H groups in total. The van der Waals surface area contributed by atoms with E-state index in [0.717, 1.165) is 0 Å². The van der Waals surface area contributed by atoms with Crippen LogP contribution >= 0.6 is 0 Å². The molecule has 0 heterocycles. The van der Waals surface area contributed by atoms with Gasteiger partial charge in [-0.3, -0.25) is 0 Å². The molecule has 66 valence electrons. The van der Waals surface area contributed by atoms with E-state index in [2.05, 4.69) is 20.4 Å². The van der Waals surface area contributed by atoms with E-state index in [-0.39, 0.29) is 0 Å². The number of allylic oxidation sites excluding steroid dienone is 3. The quantitative estimate of drug-likeness (QED) is 0.554. The van der Waals surface area contributed by atoms with Gasteiger partial charge in [-0.25, -0.2) is 0 Å². The van der Waals surface area contributed by atoms with Gasteiger partial charge in [-0.2, -0.15) is 0 Å². The van der Waals surface area contributed by atoms with E-state index in [9.17, 15) is 0 Å². The van der Waals surface area contributed by atoms with E-state index in [1.165, 1.54) is 12.1 Å². The molecular weight excluding hydrogens is 134 g/mol. The monoisotopic (exact) mass is 155 g/mol. The van der Waals surface area contributed by atoms with Gasteiger partial charge in [0.15, 0.2) is 0 Å². The SMILES string of the molecule is C=C/C=C(\C)N(C)C.CCC. The first-order valence-corrected chi connectivity index (χ1v) is 4.06. The van der Waals surface area contributed by atoms with Crippen LogP contribution < -0.4 is 0 Å². The molecule has 1 nitrogen and oxygen atoms in total. The van der Waals surface area contributed by atoms with Crippen molar-refractivity contribution in [3.8, 4) is 0 Å². The molecule has 0 saturated carbocycles. The van der Waals surface area contributed by atoms with Crippen molar-refractivity contribution in [2.24, 2.45) is 0 Å². The predicted octanol–water partition coefficient (Wildman–Crippen LogP) is 3.05. The standard InChI is InChI=1S/C7H13N.C3H8/c1-5-6-7(2)8(3)4;1-3-2/h5-6H,1H2,2-4H3;3H2,1-2H3/b7-6+;. The van der Waals surface area contributed by atoms with Gasteiger partial charge >= 0.3 is 0 Å². The maximum absolute atomic E-state index is 3.58. The second-order valence-electron chi connectivity index (χ2n) is 2.65. The first kappa shape index (κ1) is 12.9. The molecule has 0 aromatic heterocycles. The molecule has 0 atom stereocenters. The molecule has 0 aromatic rings. The van der Waals surface area contributed by atoms with Crippen LogP contribution in [0.2, 0.25) is 0 Å². The van der Waals surface area contributed by atoms with Crippen LogP contribution in [0.1, 0.15) is 27.2 Å². The van der Waals surface area contributed by atoms with Gasteiger partial charge in [0.1, 0.15) is 0 Å². The van der Waals surface area contributed by atoms with E-state index in [0.29, 0.717) is 0 Å². The largest absolute Gasteiger partial charge is 0.381 e. The topological polar surface area (TPSA) is 3.24 Å². The first-order valence-electron chi connectivity index (χ1n) is 4.06. The molecule has 1 heteroatoms. The van der Waals surface area contributed by atoms with Crippen LogP contribution in [-0.2, 0) is 0 Å². The van der Waals surface area contributed by atoms with E-state index in [1.54, 1.807) is 6.08 Å². The number of hydrogen-bond acceptors (Lipinski definition) is 1. The summed E-state index contributed by atoms with van der Waals surface area (Å²) in [5.74, 6) is 0. The Labute approximate surface area is 71.4 Å². The predicted molar refractivity (Wildman–Crippen MR) is 53.6 cm³/mol. The Bertz CT molecular complexity index is 112. The summed E-state index contributed by atoms with van der Waals surface area (Å²) in [5, 5.41) is 0. The van der Waals surface area contributed by atoms with E-state index in [1.807, 2.05) is 32.0 Å². The Kier molecular flexibility index (Phi) is 10.9. The minimum absolute atomic E-state index is 1.22. The molecule has 0 unspecified atom stereocenters. The Hall–Kier alpha value is -0.720. The average Bonchev–Trinajstić information content (AvgIpc) is 1.90. The average molecular weight is 155 g/mol. The van der Waals surface area contributed by atoms with Gasteiger partial charge in [-0.1, -0.05) is 32.9 Å². The highest BCUT2D eigenvalue weighted by molar-refractivity contribution is 5.05. The maximum atomic E-state index is 3.58. The summed E-state index contributed by atoms with van der Waals surface area (Å²) in [4.78, 5) is 2.04. The minimum Gasteiger partial charge on any atom is -0.381 e. The third kappa shape index (κ3) is 12.5. The Morgan fingerprint density at radius 2 is 1.73 bits per heavy atom. The zero-order chi connectivity index (χ0) is 9.28. The van der Waals surface area contributed by atoms with E-state index < -0.39 is 0 Å². The summed E-state index contributed by atoms with van der Waals surface area (Å²) in [6.07, 6.45) is 5.01. The number of hydrogen-bond donors (Lipinski definition) is 0. The van der Waals surface area contributed by atoms with Crippen molar-refractivity contribution < 1.29 is 0 Å². The fraction of sp³-hybridized carbons (Fsp3) is 0.600. The van der Waals surface area contributed by atoms with Crippen LogP contribution in [0.25, 0.3) is 0 Å². The molecule has 0 saturated heterocycles. The van der Waals surface area contributed by atoms with Gasteiger partial charge in [0.05, 0.1) is 0 Å². The van der Waals surface area contributed by atoms with Gasteiger partial charge in [0.25, 0.3) is 0 Å². The molecule has 0 rings (SSSR count). The summed E-state index contributed by atoms with van der Waals surface area (Å²) in [6.45, 7) is 9.87. The van der Waals surface area contributed by atoms with Crippen molar-refractivity contribution in [2.45, 2.75) is 27.2 Å². The van der Waals surface area contributed by atoms with Gasteiger partial charge < -0.3 is 4.90 Å². The summed E-state index contributed by atoms with van der Waals surface area (Å²) in [6, 6.07) is 0. The number of nitrogens with zero attached hydrogens (tertiary/aromatic N) is 1. The van der Waals surface area contributed by atoms with Crippen molar-refractivity contribution in [1.82, 2.24) is 4.90 Å². The van der Waals surface area contributed by atoms with Crippen LogP contribution in [0.3, 0.4) is 0 Å². The van der Waals surface area contributed by atoms with E-state index >= 15 is 0 Å². The summed E-state index contributed by atoms with van der Waals surface area (Å²) in [5.41, 5.74) is 1.22. The molecule has 0 radical (unpaired) electrons. The molecule has 0 aliphatic heterocycles. The number of rotatable bonds is 2. The summed E-state index contributed by atoms with van der Waals surface area (Å²) < 4.78 is 0. The highest BCUT2D eigenvalue weighted by Crippen LogP contribution is 1.93. The third-order valence-electron chi connectivity index (χ3n) is 1.06. The summed E-state index contributed by atoms with van der Waals surface area (Å²) >= 11 is 0. The Morgan fingerprint density at radius 3 is 1.82 bits per heavy atom. The molecule has 0 aromatic carbocycles. The molecule has 0 fully saturated rings. The molecule has 0 bridgehead atoms. The van der Waals surface area contributed by atoms with Crippen LogP contribution in [0, 0.1) is 0 Å². The van der Waals surface area contributed by atoms with Crippen molar-refractivity contribution in [1.29, 1.82) is 0 Å². The molecule has 0 amide bonds. The lowest BCUT2D eigenvalue weighted by molar-refractivity contribution is 0.514.